The second-order valence-electron chi connectivity index (χ2n) is 5.16. The Kier molecular flexibility index (Phi) is 7.09. The van der Waals surface area contributed by atoms with Crippen molar-refractivity contribution >= 4 is 0 Å². The average molecular weight is 241 g/mol. The first kappa shape index (κ1) is 14.9. The standard InChI is InChI=1S/C14H31N3/c1-5-8-13(11-15-4)17-10-9-14(12-17)16(6-2)7-3/h13-15H,5-12H2,1-4H3. The number of nitrogens with one attached hydrogen (secondary N) is 1. The summed E-state index contributed by atoms with van der Waals surface area (Å²) in [7, 11) is 2.07. The molecular formula is C14H31N3. The van der Waals surface area contributed by atoms with Crippen molar-refractivity contribution in [2.75, 3.05) is 39.8 Å². The number of hydrogen-bond donors (Lipinski definition) is 1. The Hall–Kier alpha value is -0.120. The second-order valence-corrected chi connectivity index (χ2v) is 5.16. The maximum atomic E-state index is 3.35. The molecule has 1 rings (SSSR count). The molecule has 3 nitrogen and oxygen atoms in total. The lowest BCUT2D eigenvalue weighted by Gasteiger charge is -2.30. The van der Waals surface area contributed by atoms with E-state index in [1.165, 1.54) is 45.4 Å². The molecular weight excluding hydrogens is 210 g/mol. The lowest BCUT2D eigenvalue weighted by Crippen LogP contribution is -2.43. The van der Waals surface area contributed by atoms with Crippen LogP contribution < -0.4 is 5.32 Å². The van der Waals surface area contributed by atoms with E-state index in [0.29, 0.717) is 0 Å². The van der Waals surface area contributed by atoms with E-state index in [2.05, 4.69) is 42.9 Å². The molecule has 17 heavy (non-hydrogen) atoms. The van der Waals surface area contributed by atoms with E-state index < -0.39 is 0 Å². The van der Waals surface area contributed by atoms with Crippen molar-refractivity contribution in [3.63, 3.8) is 0 Å². The highest BCUT2D eigenvalue weighted by atomic mass is 15.3. The lowest BCUT2D eigenvalue weighted by atomic mass is 10.1. The molecule has 0 saturated carbocycles. The van der Waals surface area contributed by atoms with E-state index in [1.807, 2.05) is 0 Å². The lowest BCUT2D eigenvalue weighted by molar-refractivity contribution is 0.180. The van der Waals surface area contributed by atoms with Crippen LogP contribution in [0.15, 0.2) is 0 Å². The summed E-state index contributed by atoms with van der Waals surface area (Å²) >= 11 is 0. The maximum absolute atomic E-state index is 3.35. The zero-order valence-electron chi connectivity index (χ0n) is 12.2. The molecule has 0 aromatic rings. The van der Waals surface area contributed by atoms with Gasteiger partial charge in [-0.2, -0.15) is 0 Å². The molecule has 0 aliphatic carbocycles. The fourth-order valence-corrected chi connectivity index (χ4v) is 3.12. The number of likely N-dealkylation sites (tertiary alicyclic amines) is 1. The monoisotopic (exact) mass is 241 g/mol. The topological polar surface area (TPSA) is 18.5 Å². The molecule has 1 saturated heterocycles. The van der Waals surface area contributed by atoms with Crippen LogP contribution >= 0.6 is 0 Å². The third-order valence-corrected chi connectivity index (χ3v) is 4.10. The van der Waals surface area contributed by atoms with Crippen LogP contribution in [0.3, 0.4) is 0 Å². The van der Waals surface area contributed by atoms with E-state index in [-0.39, 0.29) is 0 Å². The van der Waals surface area contributed by atoms with Gasteiger partial charge in [0.1, 0.15) is 0 Å². The van der Waals surface area contributed by atoms with Crippen LogP contribution in [-0.4, -0.2) is 61.7 Å². The average Bonchev–Trinajstić information content (AvgIpc) is 2.80. The van der Waals surface area contributed by atoms with Crippen molar-refractivity contribution in [2.45, 2.75) is 52.1 Å². The van der Waals surface area contributed by atoms with Crippen LogP contribution in [0, 0.1) is 0 Å². The predicted molar refractivity (Wildman–Crippen MR) is 75.5 cm³/mol. The molecule has 2 atom stereocenters. The Labute approximate surface area is 108 Å². The van der Waals surface area contributed by atoms with E-state index in [0.717, 1.165) is 18.6 Å². The normalized spacial score (nSPS) is 23.5. The van der Waals surface area contributed by atoms with Crippen molar-refractivity contribution in [3.05, 3.63) is 0 Å². The Bertz CT molecular complexity index is 186. The van der Waals surface area contributed by atoms with Gasteiger partial charge in [0, 0.05) is 31.7 Å². The Morgan fingerprint density at radius 1 is 1.29 bits per heavy atom. The van der Waals surface area contributed by atoms with E-state index in [4.69, 9.17) is 0 Å². The summed E-state index contributed by atoms with van der Waals surface area (Å²) in [6.45, 7) is 12.9. The van der Waals surface area contributed by atoms with Gasteiger partial charge in [0.25, 0.3) is 0 Å². The van der Waals surface area contributed by atoms with Crippen molar-refractivity contribution in [1.82, 2.24) is 15.1 Å². The van der Waals surface area contributed by atoms with Crippen LogP contribution in [0.5, 0.6) is 0 Å². The SMILES string of the molecule is CCCC(CNC)N1CCC(N(CC)CC)C1. The number of likely N-dealkylation sites (N-methyl/N-ethyl adjacent to an activating group) is 2. The summed E-state index contributed by atoms with van der Waals surface area (Å²) in [5.41, 5.74) is 0. The van der Waals surface area contributed by atoms with Gasteiger partial charge >= 0.3 is 0 Å². The largest absolute Gasteiger partial charge is 0.318 e. The molecule has 102 valence electrons. The molecule has 3 heteroatoms. The molecule has 0 aromatic heterocycles. The first-order chi connectivity index (χ1) is 8.26. The van der Waals surface area contributed by atoms with Gasteiger partial charge in [-0.15, -0.1) is 0 Å². The van der Waals surface area contributed by atoms with E-state index in [9.17, 15) is 0 Å². The number of hydrogen-bond acceptors (Lipinski definition) is 3. The van der Waals surface area contributed by atoms with Crippen LogP contribution in [0.4, 0.5) is 0 Å². The van der Waals surface area contributed by atoms with E-state index >= 15 is 0 Å². The molecule has 1 fully saturated rings. The summed E-state index contributed by atoms with van der Waals surface area (Å²) in [6.07, 6.45) is 3.97. The third kappa shape index (κ3) is 4.23. The quantitative estimate of drug-likeness (QED) is 0.699. The fraction of sp³-hybridized carbons (Fsp3) is 1.00. The van der Waals surface area contributed by atoms with Gasteiger partial charge in [-0.3, -0.25) is 9.80 Å². The number of rotatable bonds is 8. The van der Waals surface area contributed by atoms with Crippen molar-refractivity contribution in [2.24, 2.45) is 0 Å². The Morgan fingerprint density at radius 3 is 2.53 bits per heavy atom. The first-order valence-corrected chi connectivity index (χ1v) is 7.39. The van der Waals surface area contributed by atoms with Gasteiger partial charge in [0.15, 0.2) is 0 Å². The summed E-state index contributed by atoms with van der Waals surface area (Å²) in [5, 5.41) is 3.35. The fourth-order valence-electron chi connectivity index (χ4n) is 3.12. The Balaban J connectivity index is 2.46. The minimum atomic E-state index is 0.741. The molecule has 1 aliphatic heterocycles. The van der Waals surface area contributed by atoms with Crippen LogP contribution in [0.1, 0.15) is 40.0 Å². The summed E-state index contributed by atoms with van der Waals surface area (Å²) in [5.74, 6) is 0. The van der Waals surface area contributed by atoms with Crippen molar-refractivity contribution in [3.8, 4) is 0 Å². The molecule has 0 bridgehead atoms. The van der Waals surface area contributed by atoms with Crippen LogP contribution in [0.25, 0.3) is 0 Å². The molecule has 1 aliphatic rings. The van der Waals surface area contributed by atoms with Gasteiger partial charge in [-0.05, 0) is 33.0 Å². The smallest absolute Gasteiger partial charge is 0.0235 e. The van der Waals surface area contributed by atoms with Crippen LogP contribution in [-0.2, 0) is 0 Å². The van der Waals surface area contributed by atoms with Gasteiger partial charge < -0.3 is 5.32 Å². The Morgan fingerprint density at radius 2 is 2.00 bits per heavy atom. The minimum Gasteiger partial charge on any atom is -0.318 e. The predicted octanol–water partition coefficient (Wildman–Crippen LogP) is 1.79. The van der Waals surface area contributed by atoms with E-state index in [1.54, 1.807) is 0 Å². The van der Waals surface area contributed by atoms with Crippen molar-refractivity contribution < 1.29 is 0 Å². The highest BCUT2D eigenvalue weighted by molar-refractivity contribution is 4.87. The summed E-state index contributed by atoms with van der Waals surface area (Å²) in [4.78, 5) is 5.31. The zero-order valence-corrected chi connectivity index (χ0v) is 12.2. The molecule has 0 aromatic carbocycles. The molecule has 0 spiro atoms. The molecule has 2 unspecified atom stereocenters. The second kappa shape index (κ2) is 8.06. The molecule has 1 N–H and O–H groups in total. The zero-order chi connectivity index (χ0) is 12.7. The molecule has 0 radical (unpaired) electrons. The van der Waals surface area contributed by atoms with Crippen molar-refractivity contribution in [1.29, 1.82) is 0 Å². The summed E-state index contributed by atoms with van der Waals surface area (Å²) in [6, 6.07) is 1.53. The first-order valence-electron chi connectivity index (χ1n) is 7.39. The molecule has 0 amide bonds. The molecule has 1 heterocycles. The van der Waals surface area contributed by atoms with Crippen LogP contribution in [0.2, 0.25) is 0 Å². The van der Waals surface area contributed by atoms with Gasteiger partial charge in [-0.1, -0.05) is 27.2 Å². The summed E-state index contributed by atoms with van der Waals surface area (Å²) < 4.78 is 0. The maximum Gasteiger partial charge on any atom is 0.0235 e. The highest BCUT2D eigenvalue weighted by Gasteiger charge is 2.29. The third-order valence-electron chi connectivity index (χ3n) is 4.10. The minimum absolute atomic E-state index is 0.741. The highest BCUT2D eigenvalue weighted by Crippen LogP contribution is 2.19. The van der Waals surface area contributed by atoms with Gasteiger partial charge in [0.05, 0.1) is 0 Å². The van der Waals surface area contributed by atoms with Gasteiger partial charge in [-0.25, -0.2) is 0 Å². The van der Waals surface area contributed by atoms with Gasteiger partial charge in [0.2, 0.25) is 0 Å². The number of nitrogens with zero attached hydrogens (tertiary/aromatic N) is 2.